The van der Waals surface area contributed by atoms with Gasteiger partial charge in [-0.2, -0.15) is 5.10 Å². The van der Waals surface area contributed by atoms with E-state index in [2.05, 4.69) is 10.4 Å². The van der Waals surface area contributed by atoms with Crippen LogP contribution in [0, 0.1) is 0 Å². The molecule has 1 rings (SSSR count). The van der Waals surface area contributed by atoms with Gasteiger partial charge >= 0.3 is 5.97 Å². The van der Waals surface area contributed by atoms with Gasteiger partial charge in [0.2, 0.25) is 5.91 Å². The highest BCUT2D eigenvalue weighted by Gasteiger charge is 2.24. The monoisotopic (exact) mass is 282 g/mol. The molecule has 0 fully saturated rings. The van der Waals surface area contributed by atoms with Crippen LogP contribution in [-0.2, 0) is 22.6 Å². The van der Waals surface area contributed by atoms with Gasteiger partial charge in [0.05, 0.1) is 12.1 Å². The number of carbonyl (C=O) groups excluding carboxylic acids is 2. The van der Waals surface area contributed by atoms with E-state index in [1.54, 1.807) is 6.07 Å². The third-order valence-electron chi connectivity index (χ3n) is 2.73. The van der Waals surface area contributed by atoms with Crippen LogP contribution >= 0.6 is 0 Å². The minimum Gasteiger partial charge on any atom is -0.480 e. The Morgan fingerprint density at radius 2 is 2.10 bits per heavy atom. The van der Waals surface area contributed by atoms with Crippen molar-refractivity contribution in [3.05, 3.63) is 17.5 Å². The molecule has 0 unspecified atom stereocenters. The topological polar surface area (TPSA) is 127 Å². The fourth-order valence-corrected chi connectivity index (χ4v) is 1.70. The molecule has 1 heterocycles. The smallest absolute Gasteiger partial charge is 0.326 e. The molecule has 0 radical (unpaired) electrons. The minimum atomic E-state index is -1.34. The highest BCUT2D eigenvalue weighted by atomic mass is 16.4. The second-order valence-electron chi connectivity index (χ2n) is 4.22. The van der Waals surface area contributed by atoms with E-state index in [0.717, 1.165) is 5.69 Å². The molecule has 0 aliphatic rings. The summed E-state index contributed by atoms with van der Waals surface area (Å²) in [5.74, 6) is -2.70. The van der Waals surface area contributed by atoms with Crippen molar-refractivity contribution in [2.45, 2.75) is 39.3 Å². The Hall–Kier alpha value is -2.38. The maximum absolute atomic E-state index is 12.1. The molecule has 0 bridgehead atoms. The average molecular weight is 282 g/mol. The Balaban J connectivity index is 2.90. The number of hydrogen-bond acceptors (Lipinski definition) is 4. The first-order valence-corrected chi connectivity index (χ1v) is 6.27. The molecule has 0 aliphatic heterocycles. The lowest BCUT2D eigenvalue weighted by Gasteiger charge is -2.13. The summed E-state index contributed by atoms with van der Waals surface area (Å²) in [4.78, 5) is 33.8. The number of nitrogens with zero attached hydrogens (tertiary/aromatic N) is 2. The molecule has 20 heavy (non-hydrogen) atoms. The van der Waals surface area contributed by atoms with Crippen LogP contribution in [0.25, 0.3) is 0 Å². The van der Waals surface area contributed by atoms with E-state index in [-0.39, 0.29) is 5.69 Å². The molecule has 8 heteroatoms. The molecule has 1 aromatic heterocycles. The number of amides is 2. The van der Waals surface area contributed by atoms with Crippen molar-refractivity contribution >= 4 is 17.8 Å². The maximum atomic E-state index is 12.1. The molecule has 4 N–H and O–H groups in total. The first-order chi connectivity index (χ1) is 9.38. The van der Waals surface area contributed by atoms with Crippen molar-refractivity contribution in [3.8, 4) is 0 Å². The molecule has 1 aromatic rings. The SMILES string of the molecule is CCc1cc(C(=O)N[C@@H](CC(N)=O)C(=O)O)n(CC)n1. The number of carboxylic acids is 1. The van der Waals surface area contributed by atoms with Gasteiger partial charge in [0, 0.05) is 6.54 Å². The van der Waals surface area contributed by atoms with Gasteiger partial charge < -0.3 is 16.2 Å². The largest absolute Gasteiger partial charge is 0.480 e. The van der Waals surface area contributed by atoms with Crippen molar-refractivity contribution in [2.24, 2.45) is 5.73 Å². The molecule has 1 atom stereocenters. The summed E-state index contributed by atoms with van der Waals surface area (Å²) in [7, 11) is 0. The number of nitrogens with one attached hydrogen (secondary N) is 1. The number of hydrogen-bond donors (Lipinski definition) is 3. The molecule has 0 saturated heterocycles. The lowest BCUT2D eigenvalue weighted by Crippen LogP contribution is -2.43. The van der Waals surface area contributed by atoms with Crippen LogP contribution < -0.4 is 11.1 Å². The van der Waals surface area contributed by atoms with Gasteiger partial charge in [0.25, 0.3) is 5.91 Å². The zero-order valence-corrected chi connectivity index (χ0v) is 11.4. The quantitative estimate of drug-likeness (QED) is 0.622. The van der Waals surface area contributed by atoms with E-state index in [4.69, 9.17) is 10.8 Å². The molecule has 0 aromatic carbocycles. The highest BCUT2D eigenvalue weighted by Crippen LogP contribution is 2.06. The number of aromatic nitrogens is 2. The number of carboxylic acid groups (broad SMARTS) is 1. The molecule has 110 valence electrons. The summed E-state index contributed by atoms with van der Waals surface area (Å²) in [6, 6.07) is 0.257. The predicted octanol–water partition coefficient (Wildman–Crippen LogP) is -0.476. The van der Waals surface area contributed by atoms with Gasteiger partial charge in [-0.3, -0.25) is 14.3 Å². The summed E-state index contributed by atoms with van der Waals surface area (Å²) in [6.07, 6.45) is 0.207. The standard InChI is InChI=1S/C12H18N4O4/c1-3-7-5-9(16(4-2)15-7)11(18)14-8(12(19)20)6-10(13)17/h5,8H,3-4,6H2,1-2H3,(H2,13,17)(H,14,18)(H,19,20)/t8-/m0/s1. The third-order valence-corrected chi connectivity index (χ3v) is 2.73. The van der Waals surface area contributed by atoms with Crippen molar-refractivity contribution in [1.29, 1.82) is 0 Å². The highest BCUT2D eigenvalue weighted by molar-refractivity contribution is 5.96. The Morgan fingerprint density at radius 1 is 1.45 bits per heavy atom. The van der Waals surface area contributed by atoms with Gasteiger partial charge in [-0.25, -0.2) is 4.79 Å². The van der Waals surface area contributed by atoms with Crippen LogP contribution in [0.4, 0.5) is 0 Å². The zero-order chi connectivity index (χ0) is 15.3. The van der Waals surface area contributed by atoms with Crippen molar-refractivity contribution in [2.75, 3.05) is 0 Å². The van der Waals surface area contributed by atoms with E-state index in [1.165, 1.54) is 4.68 Å². The minimum absolute atomic E-state index is 0.264. The first kappa shape index (κ1) is 15.7. The van der Waals surface area contributed by atoms with Gasteiger partial charge in [-0.1, -0.05) is 6.92 Å². The van der Waals surface area contributed by atoms with Gasteiger partial charge in [-0.15, -0.1) is 0 Å². The normalized spacial score (nSPS) is 11.9. The van der Waals surface area contributed by atoms with Crippen LogP contribution in [0.3, 0.4) is 0 Å². The average Bonchev–Trinajstić information content (AvgIpc) is 2.80. The van der Waals surface area contributed by atoms with Gasteiger partial charge in [-0.05, 0) is 19.4 Å². The summed E-state index contributed by atoms with van der Waals surface area (Å²) in [5, 5.41) is 15.4. The number of aryl methyl sites for hydroxylation is 2. The molecule has 8 nitrogen and oxygen atoms in total. The summed E-state index contributed by atoms with van der Waals surface area (Å²) >= 11 is 0. The van der Waals surface area contributed by atoms with Crippen LogP contribution in [0.2, 0.25) is 0 Å². The number of nitrogens with two attached hydrogens (primary N) is 1. The van der Waals surface area contributed by atoms with Crippen LogP contribution in [-0.4, -0.2) is 38.7 Å². The fraction of sp³-hybridized carbons (Fsp3) is 0.500. The Bertz CT molecular complexity index is 524. The predicted molar refractivity (Wildman–Crippen MR) is 70.0 cm³/mol. The molecular formula is C12H18N4O4. The second kappa shape index (κ2) is 6.69. The number of carbonyl (C=O) groups is 3. The van der Waals surface area contributed by atoms with Gasteiger partial charge in [0.15, 0.2) is 0 Å². The first-order valence-electron chi connectivity index (χ1n) is 6.27. The maximum Gasteiger partial charge on any atom is 0.326 e. The molecule has 0 saturated carbocycles. The van der Waals surface area contributed by atoms with E-state index in [0.29, 0.717) is 13.0 Å². The van der Waals surface area contributed by atoms with Crippen LogP contribution in [0.1, 0.15) is 36.5 Å². The second-order valence-corrected chi connectivity index (χ2v) is 4.22. The summed E-state index contributed by atoms with van der Waals surface area (Å²) < 4.78 is 1.48. The lowest BCUT2D eigenvalue weighted by atomic mass is 10.2. The van der Waals surface area contributed by atoms with Crippen molar-refractivity contribution < 1.29 is 19.5 Å². The van der Waals surface area contributed by atoms with Crippen molar-refractivity contribution in [1.82, 2.24) is 15.1 Å². The number of primary amides is 1. The van der Waals surface area contributed by atoms with Crippen molar-refractivity contribution in [3.63, 3.8) is 0 Å². The fourth-order valence-electron chi connectivity index (χ4n) is 1.70. The molecule has 0 spiro atoms. The van der Waals surface area contributed by atoms with E-state index in [1.807, 2.05) is 13.8 Å². The zero-order valence-electron chi connectivity index (χ0n) is 11.4. The Morgan fingerprint density at radius 3 is 2.55 bits per heavy atom. The van der Waals surface area contributed by atoms with Crippen LogP contribution in [0.15, 0.2) is 6.07 Å². The summed E-state index contributed by atoms with van der Waals surface area (Å²) in [5.41, 5.74) is 5.96. The summed E-state index contributed by atoms with van der Waals surface area (Å²) in [6.45, 7) is 4.20. The number of aliphatic carboxylic acids is 1. The Kier molecular flexibility index (Phi) is 5.24. The third kappa shape index (κ3) is 3.81. The molecular weight excluding hydrogens is 264 g/mol. The lowest BCUT2D eigenvalue weighted by molar-refractivity contribution is -0.140. The molecule has 2 amide bonds. The van der Waals surface area contributed by atoms with Gasteiger partial charge in [0.1, 0.15) is 11.7 Å². The van der Waals surface area contributed by atoms with E-state index in [9.17, 15) is 14.4 Å². The van der Waals surface area contributed by atoms with E-state index < -0.39 is 30.2 Å². The number of rotatable bonds is 7. The van der Waals surface area contributed by atoms with E-state index >= 15 is 0 Å². The van der Waals surface area contributed by atoms with Crippen LogP contribution in [0.5, 0.6) is 0 Å². The molecule has 0 aliphatic carbocycles. The Labute approximate surface area is 115 Å².